The molecule has 100 valence electrons. The molecular weight excluding hydrogens is 316 g/mol. The molecule has 0 saturated heterocycles. The monoisotopic (exact) mass is 328 g/mol. The van der Waals surface area contributed by atoms with Crippen molar-refractivity contribution in [3.8, 4) is 0 Å². The van der Waals surface area contributed by atoms with Gasteiger partial charge in [-0.1, -0.05) is 24.3 Å². The zero-order valence-corrected chi connectivity index (χ0v) is 12.3. The van der Waals surface area contributed by atoms with E-state index < -0.39 is 0 Å². The first-order valence-electron chi connectivity index (χ1n) is 6.20. The number of rotatable bonds is 1. The van der Waals surface area contributed by atoms with Crippen LogP contribution in [0.3, 0.4) is 0 Å². The maximum absolute atomic E-state index is 8.30. The van der Waals surface area contributed by atoms with Gasteiger partial charge >= 0.3 is 0 Å². The normalized spacial score (nSPS) is 13.4. The molecule has 5 heteroatoms. The minimum atomic E-state index is 0. The second kappa shape index (κ2) is 4.76. The van der Waals surface area contributed by atoms with Crippen LogP contribution >= 0.6 is 17.0 Å². The highest BCUT2D eigenvalue weighted by molar-refractivity contribution is 8.93. The predicted molar refractivity (Wildman–Crippen MR) is 85.9 cm³/mol. The van der Waals surface area contributed by atoms with E-state index in [1.54, 1.807) is 6.33 Å². The van der Waals surface area contributed by atoms with E-state index in [4.69, 9.17) is 5.41 Å². The smallest absolute Gasteiger partial charge is 0.133 e. The van der Waals surface area contributed by atoms with E-state index in [1.807, 2.05) is 41.3 Å². The predicted octanol–water partition coefficient (Wildman–Crippen LogP) is 3.49. The lowest BCUT2D eigenvalue weighted by atomic mass is 10.1. The molecule has 1 aliphatic rings. The van der Waals surface area contributed by atoms with E-state index in [0.29, 0.717) is 5.84 Å². The lowest BCUT2D eigenvalue weighted by Gasteiger charge is -2.17. The van der Waals surface area contributed by atoms with Crippen molar-refractivity contribution in [1.82, 2.24) is 9.97 Å². The number of fused-ring (bicyclic) bond motifs is 2. The number of H-pyrrole nitrogens is 1. The molecule has 2 heterocycles. The van der Waals surface area contributed by atoms with Crippen molar-refractivity contribution in [2.45, 2.75) is 6.54 Å². The third-order valence-electron chi connectivity index (χ3n) is 3.59. The van der Waals surface area contributed by atoms with Crippen LogP contribution in [-0.2, 0) is 6.54 Å². The van der Waals surface area contributed by atoms with Crippen molar-refractivity contribution >= 4 is 39.5 Å². The van der Waals surface area contributed by atoms with Crippen LogP contribution in [0.1, 0.15) is 11.1 Å². The minimum absolute atomic E-state index is 0. The molecule has 0 radical (unpaired) electrons. The van der Waals surface area contributed by atoms with Gasteiger partial charge in [-0.2, -0.15) is 0 Å². The fourth-order valence-electron chi connectivity index (χ4n) is 2.60. The summed E-state index contributed by atoms with van der Waals surface area (Å²) in [5.74, 6) is 0.564. The lowest BCUT2D eigenvalue weighted by molar-refractivity contribution is 1.05. The highest BCUT2D eigenvalue weighted by atomic mass is 79.9. The zero-order valence-electron chi connectivity index (χ0n) is 10.6. The van der Waals surface area contributed by atoms with Crippen LogP contribution < -0.4 is 4.90 Å². The average Bonchev–Trinajstić information content (AvgIpc) is 3.03. The number of aromatic amines is 1. The van der Waals surface area contributed by atoms with Crippen molar-refractivity contribution in [1.29, 1.82) is 5.41 Å². The summed E-state index contributed by atoms with van der Waals surface area (Å²) in [4.78, 5) is 9.35. The van der Waals surface area contributed by atoms with Crippen LogP contribution in [0.4, 0.5) is 5.69 Å². The molecule has 0 spiro atoms. The molecule has 0 aliphatic carbocycles. The van der Waals surface area contributed by atoms with Gasteiger partial charge in [-0.25, -0.2) is 4.98 Å². The zero-order chi connectivity index (χ0) is 12.8. The van der Waals surface area contributed by atoms with E-state index in [-0.39, 0.29) is 17.0 Å². The minimum Gasteiger partial charge on any atom is -0.345 e. The molecule has 0 atom stereocenters. The Bertz CT molecular complexity index is 793. The third kappa shape index (κ3) is 1.82. The van der Waals surface area contributed by atoms with Crippen LogP contribution in [0.15, 0.2) is 48.8 Å². The van der Waals surface area contributed by atoms with E-state index in [9.17, 15) is 0 Å². The molecule has 1 aromatic heterocycles. The topological polar surface area (TPSA) is 55.8 Å². The largest absolute Gasteiger partial charge is 0.345 e. The summed E-state index contributed by atoms with van der Waals surface area (Å²) in [7, 11) is 0. The van der Waals surface area contributed by atoms with Crippen molar-refractivity contribution < 1.29 is 0 Å². The number of halogens is 1. The van der Waals surface area contributed by atoms with E-state index in [2.05, 4.69) is 16.0 Å². The lowest BCUT2D eigenvalue weighted by Crippen LogP contribution is -2.22. The Balaban J connectivity index is 0.00000121. The number of hydrogen-bond donors (Lipinski definition) is 2. The Morgan fingerprint density at radius 2 is 2.00 bits per heavy atom. The Morgan fingerprint density at radius 3 is 2.85 bits per heavy atom. The summed E-state index contributed by atoms with van der Waals surface area (Å²) in [6.07, 6.45) is 1.69. The highest BCUT2D eigenvalue weighted by Crippen LogP contribution is 2.29. The first-order chi connectivity index (χ1) is 9.33. The van der Waals surface area contributed by atoms with Crippen molar-refractivity contribution in [2.75, 3.05) is 4.90 Å². The molecule has 4 nitrogen and oxygen atoms in total. The number of imidazole rings is 1. The van der Waals surface area contributed by atoms with E-state index in [0.717, 1.165) is 28.8 Å². The fourth-order valence-corrected chi connectivity index (χ4v) is 2.60. The van der Waals surface area contributed by atoms with Gasteiger partial charge in [0.15, 0.2) is 0 Å². The Hall–Kier alpha value is -2.14. The number of benzene rings is 2. The summed E-state index contributed by atoms with van der Waals surface area (Å²) in [6.45, 7) is 0.759. The summed E-state index contributed by atoms with van der Waals surface area (Å²) < 4.78 is 0. The summed E-state index contributed by atoms with van der Waals surface area (Å²) in [5, 5.41) is 8.30. The molecule has 0 unspecified atom stereocenters. The van der Waals surface area contributed by atoms with Gasteiger partial charge in [0, 0.05) is 11.3 Å². The Labute approximate surface area is 126 Å². The van der Waals surface area contributed by atoms with Crippen molar-refractivity contribution in [3.05, 3.63) is 59.9 Å². The molecule has 4 rings (SSSR count). The number of amidine groups is 1. The number of hydrogen-bond acceptors (Lipinski definition) is 2. The molecule has 0 fully saturated rings. The quantitative estimate of drug-likeness (QED) is 0.718. The molecule has 2 N–H and O–H groups in total. The van der Waals surface area contributed by atoms with Gasteiger partial charge in [-0.05, 0) is 23.8 Å². The molecule has 0 bridgehead atoms. The molecular formula is C15H13BrN4. The Morgan fingerprint density at radius 1 is 1.15 bits per heavy atom. The standard InChI is InChI=1S/C15H12N4.BrH/c16-15-12-4-2-1-3-10(12)8-19(15)11-5-6-13-14(7-11)18-9-17-13;/h1-7,9,16H,8H2,(H,17,18);1H. The van der Waals surface area contributed by atoms with Gasteiger partial charge in [0.2, 0.25) is 0 Å². The van der Waals surface area contributed by atoms with Crippen LogP contribution in [-0.4, -0.2) is 15.8 Å². The van der Waals surface area contributed by atoms with Crippen molar-refractivity contribution in [2.24, 2.45) is 0 Å². The number of anilines is 1. The average molecular weight is 329 g/mol. The molecule has 2 aromatic carbocycles. The van der Waals surface area contributed by atoms with E-state index >= 15 is 0 Å². The summed E-state index contributed by atoms with van der Waals surface area (Å²) >= 11 is 0. The van der Waals surface area contributed by atoms with E-state index in [1.165, 1.54) is 5.56 Å². The van der Waals surface area contributed by atoms with Crippen LogP contribution in [0, 0.1) is 5.41 Å². The van der Waals surface area contributed by atoms with Gasteiger partial charge < -0.3 is 9.88 Å². The first-order valence-corrected chi connectivity index (χ1v) is 6.20. The van der Waals surface area contributed by atoms with Gasteiger partial charge in [0.1, 0.15) is 5.84 Å². The highest BCUT2D eigenvalue weighted by Gasteiger charge is 2.24. The van der Waals surface area contributed by atoms with Gasteiger partial charge in [0.05, 0.1) is 23.9 Å². The molecule has 3 aromatic rings. The van der Waals surface area contributed by atoms with Crippen LogP contribution in [0.5, 0.6) is 0 Å². The Kier molecular flexibility index (Phi) is 3.06. The first kappa shape index (κ1) is 12.9. The second-order valence-corrected chi connectivity index (χ2v) is 4.70. The summed E-state index contributed by atoms with van der Waals surface area (Å²) in [6, 6.07) is 14.1. The molecule has 20 heavy (non-hydrogen) atoms. The van der Waals surface area contributed by atoms with Crippen molar-refractivity contribution in [3.63, 3.8) is 0 Å². The number of aromatic nitrogens is 2. The molecule has 0 amide bonds. The maximum atomic E-state index is 8.30. The van der Waals surface area contributed by atoms with Crippen LogP contribution in [0.25, 0.3) is 11.0 Å². The van der Waals surface area contributed by atoms with Crippen LogP contribution in [0.2, 0.25) is 0 Å². The fraction of sp³-hybridized carbons (Fsp3) is 0.0667. The maximum Gasteiger partial charge on any atom is 0.133 e. The number of nitrogens with one attached hydrogen (secondary N) is 2. The second-order valence-electron chi connectivity index (χ2n) is 4.70. The number of nitrogens with zero attached hydrogens (tertiary/aromatic N) is 2. The molecule has 1 aliphatic heterocycles. The molecule has 0 saturated carbocycles. The SMILES string of the molecule is Br.N=C1c2ccccc2CN1c1ccc2nc[nH]c2c1. The van der Waals surface area contributed by atoms with Gasteiger partial charge in [-0.3, -0.25) is 5.41 Å². The summed E-state index contributed by atoms with van der Waals surface area (Å²) in [5.41, 5.74) is 5.20. The van der Waals surface area contributed by atoms with Gasteiger partial charge in [0.25, 0.3) is 0 Å². The third-order valence-corrected chi connectivity index (χ3v) is 3.59. The van der Waals surface area contributed by atoms with Gasteiger partial charge in [-0.15, -0.1) is 17.0 Å².